The van der Waals surface area contributed by atoms with Gasteiger partial charge in [0.1, 0.15) is 11.4 Å². The molecular formula is C15H21FN2O. The van der Waals surface area contributed by atoms with Crippen molar-refractivity contribution in [2.24, 2.45) is 11.7 Å². The molecule has 0 spiro atoms. The average Bonchev–Trinajstić information content (AvgIpc) is 2.42. The van der Waals surface area contributed by atoms with Gasteiger partial charge in [-0.2, -0.15) is 0 Å². The van der Waals surface area contributed by atoms with E-state index in [0.717, 1.165) is 19.3 Å². The number of rotatable bonds is 4. The molecule has 1 aliphatic rings. The van der Waals surface area contributed by atoms with Gasteiger partial charge < -0.3 is 11.1 Å². The standard InChI is InChI=1S/C15H21FN2O/c1-2-11-7-9-15(10-8-11,14(17)19)18-13-6-4-3-5-12(13)16/h3-6,11,18H,2,7-10H2,1H3,(H2,17,19). The summed E-state index contributed by atoms with van der Waals surface area (Å²) in [4.78, 5) is 11.8. The summed E-state index contributed by atoms with van der Waals surface area (Å²) in [7, 11) is 0. The second kappa shape index (κ2) is 5.59. The van der Waals surface area contributed by atoms with Crippen LogP contribution in [0.1, 0.15) is 39.0 Å². The minimum atomic E-state index is -0.798. The molecule has 19 heavy (non-hydrogen) atoms. The monoisotopic (exact) mass is 264 g/mol. The number of primary amides is 1. The van der Waals surface area contributed by atoms with Crippen LogP contribution < -0.4 is 11.1 Å². The lowest BCUT2D eigenvalue weighted by Crippen LogP contribution is -2.52. The van der Waals surface area contributed by atoms with Crippen molar-refractivity contribution in [3.63, 3.8) is 0 Å². The first-order valence-corrected chi connectivity index (χ1v) is 6.90. The highest BCUT2D eigenvalue weighted by Gasteiger charge is 2.40. The fourth-order valence-electron chi connectivity index (χ4n) is 2.83. The summed E-state index contributed by atoms with van der Waals surface area (Å²) >= 11 is 0. The second-order valence-corrected chi connectivity index (χ2v) is 5.40. The molecule has 2 rings (SSSR count). The number of hydrogen-bond donors (Lipinski definition) is 2. The minimum absolute atomic E-state index is 0.347. The predicted octanol–water partition coefficient (Wildman–Crippen LogP) is 3.06. The molecule has 0 radical (unpaired) electrons. The van der Waals surface area contributed by atoms with Crippen molar-refractivity contribution >= 4 is 11.6 Å². The summed E-state index contributed by atoms with van der Waals surface area (Å²) in [5.74, 6) is -0.0825. The van der Waals surface area contributed by atoms with Gasteiger partial charge in [0.15, 0.2) is 0 Å². The highest BCUT2D eigenvalue weighted by atomic mass is 19.1. The lowest BCUT2D eigenvalue weighted by atomic mass is 9.75. The summed E-state index contributed by atoms with van der Waals surface area (Å²) in [5, 5.41) is 3.06. The third kappa shape index (κ3) is 2.88. The third-order valence-corrected chi connectivity index (χ3v) is 4.26. The van der Waals surface area contributed by atoms with Crippen LogP contribution >= 0.6 is 0 Å². The first-order chi connectivity index (χ1) is 9.07. The number of amides is 1. The molecule has 1 saturated carbocycles. The van der Waals surface area contributed by atoms with Gasteiger partial charge >= 0.3 is 0 Å². The largest absolute Gasteiger partial charge is 0.369 e. The van der Waals surface area contributed by atoms with Crippen molar-refractivity contribution in [1.82, 2.24) is 0 Å². The predicted molar refractivity (Wildman–Crippen MR) is 74.2 cm³/mol. The summed E-state index contributed by atoms with van der Waals surface area (Å²) < 4.78 is 13.7. The fourth-order valence-corrected chi connectivity index (χ4v) is 2.83. The number of halogens is 1. The van der Waals surface area contributed by atoms with Crippen LogP contribution in [-0.4, -0.2) is 11.4 Å². The number of carbonyl (C=O) groups excluding carboxylic acids is 1. The van der Waals surface area contributed by atoms with Gasteiger partial charge in [-0.25, -0.2) is 4.39 Å². The Labute approximate surface area is 113 Å². The number of carbonyl (C=O) groups is 1. The van der Waals surface area contributed by atoms with Gasteiger partial charge in [-0.15, -0.1) is 0 Å². The van der Waals surface area contributed by atoms with Crippen molar-refractivity contribution in [1.29, 1.82) is 0 Å². The van der Waals surface area contributed by atoms with Gasteiger partial charge in [0, 0.05) is 0 Å². The lowest BCUT2D eigenvalue weighted by molar-refractivity contribution is -0.123. The first kappa shape index (κ1) is 13.8. The number of nitrogens with one attached hydrogen (secondary N) is 1. The molecule has 0 atom stereocenters. The Balaban J connectivity index is 2.18. The Bertz CT molecular complexity index is 453. The summed E-state index contributed by atoms with van der Waals surface area (Å²) in [6.07, 6.45) is 4.39. The van der Waals surface area contributed by atoms with Crippen molar-refractivity contribution in [3.8, 4) is 0 Å². The van der Waals surface area contributed by atoms with Crippen molar-refractivity contribution < 1.29 is 9.18 Å². The van der Waals surface area contributed by atoms with E-state index in [1.807, 2.05) is 0 Å². The quantitative estimate of drug-likeness (QED) is 0.878. The van der Waals surface area contributed by atoms with E-state index in [1.165, 1.54) is 6.07 Å². The summed E-state index contributed by atoms with van der Waals surface area (Å²) in [6, 6.07) is 6.41. The molecule has 1 aromatic rings. The average molecular weight is 264 g/mol. The lowest BCUT2D eigenvalue weighted by Gasteiger charge is -2.39. The summed E-state index contributed by atoms with van der Waals surface area (Å²) in [5.41, 5.74) is 5.12. The molecule has 0 saturated heterocycles. The molecule has 104 valence electrons. The molecule has 1 aliphatic carbocycles. The maximum Gasteiger partial charge on any atom is 0.243 e. The molecule has 1 fully saturated rings. The van der Waals surface area contributed by atoms with Crippen LogP contribution in [0.4, 0.5) is 10.1 Å². The third-order valence-electron chi connectivity index (χ3n) is 4.26. The normalized spacial score (nSPS) is 26.9. The zero-order valence-electron chi connectivity index (χ0n) is 11.3. The van der Waals surface area contributed by atoms with E-state index < -0.39 is 5.54 Å². The summed E-state index contributed by atoms with van der Waals surface area (Å²) in [6.45, 7) is 2.16. The fraction of sp³-hybridized carbons (Fsp3) is 0.533. The minimum Gasteiger partial charge on any atom is -0.369 e. The van der Waals surface area contributed by atoms with Gasteiger partial charge in [0.25, 0.3) is 0 Å². The van der Waals surface area contributed by atoms with Crippen LogP contribution in [0.15, 0.2) is 24.3 Å². The molecule has 0 aromatic heterocycles. The highest BCUT2D eigenvalue weighted by molar-refractivity contribution is 5.88. The van der Waals surface area contributed by atoms with E-state index in [2.05, 4.69) is 12.2 Å². The Morgan fingerprint density at radius 1 is 1.42 bits per heavy atom. The Hall–Kier alpha value is -1.58. The van der Waals surface area contributed by atoms with E-state index in [4.69, 9.17) is 5.73 Å². The van der Waals surface area contributed by atoms with Crippen LogP contribution in [0.3, 0.4) is 0 Å². The topological polar surface area (TPSA) is 55.1 Å². The molecule has 0 heterocycles. The molecule has 0 bridgehead atoms. The van der Waals surface area contributed by atoms with Crippen LogP contribution in [0.2, 0.25) is 0 Å². The number of para-hydroxylation sites is 1. The van der Waals surface area contributed by atoms with Crippen LogP contribution in [0, 0.1) is 11.7 Å². The number of benzene rings is 1. The SMILES string of the molecule is CCC1CCC(Nc2ccccc2F)(C(N)=O)CC1. The van der Waals surface area contributed by atoms with Crippen molar-refractivity contribution in [3.05, 3.63) is 30.1 Å². The van der Waals surface area contributed by atoms with Gasteiger partial charge in [-0.3, -0.25) is 4.79 Å². The number of hydrogen-bond acceptors (Lipinski definition) is 2. The van der Waals surface area contributed by atoms with E-state index >= 15 is 0 Å². The number of anilines is 1. The molecule has 0 unspecified atom stereocenters. The van der Waals surface area contributed by atoms with Crippen LogP contribution in [-0.2, 0) is 4.79 Å². The molecule has 0 aliphatic heterocycles. The first-order valence-electron chi connectivity index (χ1n) is 6.90. The van der Waals surface area contributed by atoms with Gasteiger partial charge in [0.05, 0.1) is 5.69 Å². The zero-order chi connectivity index (χ0) is 13.9. The molecular weight excluding hydrogens is 243 g/mol. The maximum absolute atomic E-state index is 13.7. The molecule has 3 nitrogen and oxygen atoms in total. The molecule has 1 amide bonds. The van der Waals surface area contributed by atoms with Crippen LogP contribution in [0.25, 0.3) is 0 Å². The van der Waals surface area contributed by atoms with E-state index in [0.29, 0.717) is 24.4 Å². The van der Waals surface area contributed by atoms with E-state index in [9.17, 15) is 9.18 Å². The second-order valence-electron chi connectivity index (χ2n) is 5.40. The molecule has 3 N–H and O–H groups in total. The zero-order valence-corrected chi connectivity index (χ0v) is 11.3. The Morgan fingerprint density at radius 3 is 2.58 bits per heavy atom. The molecule has 1 aromatic carbocycles. The van der Waals surface area contributed by atoms with E-state index in [-0.39, 0.29) is 11.7 Å². The van der Waals surface area contributed by atoms with Crippen LogP contribution in [0.5, 0.6) is 0 Å². The Morgan fingerprint density at radius 2 is 2.05 bits per heavy atom. The Kier molecular flexibility index (Phi) is 4.08. The van der Waals surface area contributed by atoms with E-state index in [1.54, 1.807) is 18.2 Å². The van der Waals surface area contributed by atoms with Crippen molar-refractivity contribution in [2.45, 2.75) is 44.6 Å². The highest BCUT2D eigenvalue weighted by Crippen LogP contribution is 2.36. The molecule has 4 heteroatoms. The van der Waals surface area contributed by atoms with Gasteiger partial charge in [-0.1, -0.05) is 25.5 Å². The maximum atomic E-state index is 13.7. The van der Waals surface area contributed by atoms with Gasteiger partial charge in [0.2, 0.25) is 5.91 Å². The smallest absolute Gasteiger partial charge is 0.243 e. The van der Waals surface area contributed by atoms with Gasteiger partial charge in [-0.05, 0) is 43.7 Å². The number of nitrogens with two attached hydrogens (primary N) is 1. The van der Waals surface area contributed by atoms with Crippen molar-refractivity contribution in [2.75, 3.05) is 5.32 Å².